The van der Waals surface area contributed by atoms with E-state index in [1.54, 1.807) is 0 Å². The van der Waals surface area contributed by atoms with Gasteiger partial charge in [0.05, 0.1) is 10.2 Å². The zero-order valence-electron chi connectivity index (χ0n) is 10.5. The first-order valence-electron chi connectivity index (χ1n) is 5.85. The number of sulfonamides is 1. The van der Waals surface area contributed by atoms with Crippen LogP contribution in [-0.2, 0) is 10.0 Å². The maximum atomic E-state index is 13.3. The van der Waals surface area contributed by atoms with E-state index in [0.29, 0.717) is 17.1 Å². The minimum Gasteiger partial charge on any atom is -0.398 e. The van der Waals surface area contributed by atoms with Crippen LogP contribution in [0.2, 0.25) is 0 Å². The fourth-order valence-electron chi connectivity index (χ4n) is 1.84. The van der Waals surface area contributed by atoms with Crippen molar-refractivity contribution >= 4 is 31.6 Å². The molecule has 118 valence electrons. The maximum absolute atomic E-state index is 13.3. The maximum Gasteiger partial charge on any atom is 0.402 e. The molecule has 1 aromatic carbocycles. The van der Waals surface area contributed by atoms with E-state index in [1.165, 1.54) is 0 Å². The minimum atomic E-state index is -4.66. The Morgan fingerprint density at radius 3 is 2.38 bits per heavy atom. The molecular formula is C11H11BrF4N2O2S. The highest BCUT2D eigenvalue weighted by atomic mass is 79.9. The summed E-state index contributed by atoms with van der Waals surface area (Å²) in [5, 5.41) is 0. The lowest BCUT2D eigenvalue weighted by Crippen LogP contribution is -2.40. The number of nitrogen functional groups attached to an aromatic ring is 1. The second-order valence-electron chi connectivity index (χ2n) is 4.70. The monoisotopic (exact) mass is 390 g/mol. The summed E-state index contributed by atoms with van der Waals surface area (Å²) in [6.07, 6.45) is -3.95. The van der Waals surface area contributed by atoms with Gasteiger partial charge in [-0.3, -0.25) is 0 Å². The molecule has 2 N–H and O–H groups in total. The molecule has 0 saturated heterocycles. The summed E-state index contributed by atoms with van der Waals surface area (Å²) in [7, 11) is -4.45. The Hall–Kier alpha value is -0.870. The van der Waals surface area contributed by atoms with Crippen molar-refractivity contribution in [1.29, 1.82) is 0 Å². The summed E-state index contributed by atoms with van der Waals surface area (Å²) in [6.45, 7) is -1.59. The summed E-state index contributed by atoms with van der Waals surface area (Å²) in [5.41, 5.74) is 5.02. The van der Waals surface area contributed by atoms with Crippen molar-refractivity contribution in [2.45, 2.75) is 30.0 Å². The summed E-state index contributed by atoms with van der Waals surface area (Å²) >= 11 is 2.80. The Bertz CT molecular complexity index is 659. The van der Waals surface area contributed by atoms with Gasteiger partial charge in [-0.05, 0) is 40.9 Å². The molecule has 0 aromatic heterocycles. The van der Waals surface area contributed by atoms with E-state index in [0.717, 1.165) is 12.1 Å². The fraction of sp³-hybridized carbons (Fsp3) is 0.455. The van der Waals surface area contributed by atoms with Crippen LogP contribution in [0.5, 0.6) is 0 Å². The molecule has 1 saturated carbocycles. The lowest BCUT2D eigenvalue weighted by Gasteiger charge is -2.24. The molecule has 1 fully saturated rings. The average Bonchev–Trinajstić information content (AvgIpc) is 3.13. The molecule has 1 aromatic rings. The van der Waals surface area contributed by atoms with Crippen LogP contribution in [0.3, 0.4) is 0 Å². The zero-order chi connectivity index (χ0) is 16.0. The van der Waals surface area contributed by atoms with Gasteiger partial charge in [0, 0.05) is 6.04 Å². The van der Waals surface area contributed by atoms with Crippen molar-refractivity contribution in [3.8, 4) is 0 Å². The predicted octanol–water partition coefficient (Wildman–Crippen LogP) is 2.89. The number of alkyl halides is 3. The molecule has 10 heteroatoms. The zero-order valence-corrected chi connectivity index (χ0v) is 12.9. The Kier molecular flexibility index (Phi) is 4.24. The second-order valence-corrected chi connectivity index (χ2v) is 7.41. The van der Waals surface area contributed by atoms with Crippen LogP contribution in [0.15, 0.2) is 21.5 Å². The first kappa shape index (κ1) is 16.5. The average molecular weight is 391 g/mol. The number of nitrogens with zero attached hydrogens (tertiary/aromatic N) is 1. The Labute approximate surface area is 127 Å². The van der Waals surface area contributed by atoms with Gasteiger partial charge in [0.2, 0.25) is 10.0 Å². The molecule has 0 heterocycles. The molecular weight excluding hydrogens is 380 g/mol. The van der Waals surface area contributed by atoms with Crippen LogP contribution in [0.4, 0.5) is 23.2 Å². The van der Waals surface area contributed by atoms with E-state index in [2.05, 4.69) is 15.9 Å². The van der Waals surface area contributed by atoms with E-state index < -0.39 is 45.2 Å². The molecule has 0 amide bonds. The lowest BCUT2D eigenvalue weighted by atomic mass is 10.3. The number of anilines is 1. The third-order valence-electron chi connectivity index (χ3n) is 2.93. The van der Waals surface area contributed by atoms with Crippen molar-refractivity contribution in [3.05, 3.63) is 22.4 Å². The summed E-state index contributed by atoms with van der Waals surface area (Å²) in [4.78, 5) is -0.535. The van der Waals surface area contributed by atoms with Crippen LogP contribution in [0.25, 0.3) is 0 Å². The van der Waals surface area contributed by atoms with Gasteiger partial charge >= 0.3 is 6.18 Å². The second kappa shape index (κ2) is 5.40. The van der Waals surface area contributed by atoms with Gasteiger partial charge in [0.1, 0.15) is 17.3 Å². The topological polar surface area (TPSA) is 63.4 Å². The van der Waals surface area contributed by atoms with Gasteiger partial charge in [-0.25, -0.2) is 12.8 Å². The first-order valence-corrected chi connectivity index (χ1v) is 8.09. The van der Waals surface area contributed by atoms with Crippen LogP contribution in [-0.4, -0.2) is 31.5 Å². The van der Waals surface area contributed by atoms with E-state index in [4.69, 9.17) is 5.73 Å². The lowest BCUT2D eigenvalue weighted by molar-refractivity contribution is -0.137. The highest BCUT2D eigenvalue weighted by molar-refractivity contribution is 9.10. The Balaban J connectivity index is 2.46. The quantitative estimate of drug-likeness (QED) is 0.634. The third-order valence-corrected chi connectivity index (χ3v) is 5.49. The number of hydrogen-bond donors (Lipinski definition) is 1. The molecule has 4 nitrogen and oxygen atoms in total. The Morgan fingerprint density at radius 2 is 1.90 bits per heavy atom. The van der Waals surface area contributed by atoms with E-state index in [9.17, 15) is 26.0 Å². The predicted molar refractivity (Wildman–Crippen MR) is 71.5 cm³/mol. The van der Waals surface area contributed by atoms with E-state index >= 15 is 0 Å². The number of hydrogen-bond acceptors (Lipinski definition) is 3. The highest BCUT2D eigenvalue weighted by Crippen LogP contribution is 2.37. The van der Waals surface area contributed by atoms with Gasteiger partial charge < -0.3 is 5.73 Å². The molecule has 0 atom stereocenters. The van der Waals surface area contributed by atoms with E-state index in [1.807, 2.05) is 0 Å². The van der Waals surface area contributed by atoms with Crippen molar-refractivity contribution in [2.75, 3.05) is 12.3 Å². The molecule has 0 bridgehead atoms. The minimum absolute atomic E-state index is 0.182. The molecule has 2 rings (SSSR count). The standard InChI is InChI=1S/C11H11BrF4N2O2S/c12-7-3-10(9(17)4-8(7)13)21(19,20)18(6-1-2-6)5-11(14,15)16/h3-4,6H,1-2,5,17H2. The highest BCUT2D eigenvalue weighted by Gasteiger charge is 2.45. The van der Waals surface area contributed by atoms with E-state index in [-0.39, 0.29) is 4.47 Å². The van der Waals surface area contributed by atoms with Crippen LogP contribution >= 0.6 is 15.9 Å². The van der Waals surface area contributed by atoms with Crippen molar-refractivity contribution < 1.29 is 26.0 Å². The third kappa shape index (κ3) is 3.67. The molecule has 0 aliphatic heterocycles. The number of halogens is 5. The van der Waals surface area contributed by atoms with Gasteiger partial charge in [-0.1, -0.05) is 0 Å². The van der Waals surface area contributed by atoms with Gasteiger partial charge in [-0.15, -0.1) is 0 Å². The summed E-state index contributed by atoms with van der Waals surface area (Å²) in [5.74, 6) is -0.791. The summed E-state index contributed by atoms with van der Waals surface area (Å²) < 4.78 is 76.0. The fourth-order valence-corrected chi connectivity index (χ4v) is 4.13. The van der Waals surface area contributed by atoms with Crippen LogP contribution in [0.1, 0.15) is 12.8 Å². The van der Waals surface area contributed by atoms with Gasteiger partial charge in [0.15, 0.2) is 0 Å². The first-order chi connectivity index (χ1) is 9.52. The van der Waals surface area contributed by atoms with Crippen LogP contribution in [0, 0.1) is 5.82 Å². The molecule has 0 unspecified atom stereocenters. The SMILES string of the molecule is Nc1cc(F)c(Br)cc1S(=O)(=O)N(CC(F)(F)F)C1CC1. The molecule has 1 aliphatic carbocycles. The smallest absolute Gasteiger partial charge is 0.398 e. The normalized spacial score (nSPS) is 16.5. The van der Waals surface area contributed by atoms with Crippen molar-refractivity contribution in [3.63, 3.8) is 0 Å². The number of rotatable bonds is 4. The largest absolute Gasteiger partial charge is 0.402 e. The number of benzene rings is 1. The molecule has 21 heavy (non-hydrogen) atoms. The van der Waals surface area contributed by atoms with Crippen molar-refractivity contribution in [2.24, 2.45) is 0 Å². The summed E-state index contributed by atoms with van der Waals surface area (Å²) in [6, 6.07) is 0.946. The molecule has 0 spiro atoms. The number of nitrogens with two attached hydrogens (primary N) is 1. The van der Waals surface area contributed by atoms with Crippen molar-refractivity contribution in [1.82, 2.24) is 4.31 Å². The van der Waals surface area contributed by atoms with Crippen LogP contribution < -0.4 is 5.73 Å². The van der Waals surface area contributed by atoms with Gasteiger partial charge in [0.25, 0.3) is 0 Å². The Morgan fingerprint density at radius 1 is 1.33 bits per heavy atom. The molecule has 0 radical (unpaired) electrons. The molecule has 1 aliphatic rings. The van der Waals surface area contributed by atoms with Gasteiger partial charge in [-0.2, -0.15) is 17.5 Å².